The fourth-order valence-corrected chi connectivity index (χ4v) is 1.69. The van der Waals surface area contributed by atoms with Crippen LogP contribution in [0.4, 0.5) is 5.69 Å². The molecule has 1 N–H and O–H groups in total. The summed E-state index contributed by atoms with van der Waals surface area (Å²) >= 11 is 0. The number of nitrogens with one attached hydrogen (secondary N) is 1. The van der Waals surface area contributed by atoms with E-state index in [2.05, 4.69) is 5.32 Å². The molecular weight excluding hydrogens is 230 g/mol. The SMILES string of the molecule is CCOc1ccccc1NCC(CC)C(=O)OC. The summed E-state index contributed by atoms with van der Waals surface area (Å²) in [5, 5.41) is 3.24. The van der Waals surface area contributed by atoms with Crippen LogP contribution in [0.5, 0.6) is 5.75 Å². The van der Waals surface area contributed by atoms with Crippen molar-refractivity contribution in [1.29, 1.82) is 0 Å². The van der Waals surface area contributed by atoms with Gasteiger partial charge in [0.1, 0.15) is 5.75 Å². The summed E-state index contributed by atoms with van der Waals surface area (Å²) in [6, 6.07) is 7.71. The van der Waals surface area contributed by atoms with Crippen molar-refractivity contribution >= 4 is 11.7 Å². The minimum absolute atomic E-state index is 0.135. The van der Waals surface area contributed by atoms with Gasteiger partial charge in [-0.2, -0.15) is 0 Å². The molecule has 0 aliphatic rings. The molecule has 0 bridgehead atoms. The number of hydrogen-bond acceptors (Lipinski definition) is 4. The average Bonchev–Trinajstić information content (AvgIpc) is 2.41. The summed E-state index contributed by atoms with van der Waals surface area (Å²) in [5.74, 6) is 0.489. The van der Waals surface area contributed by atoms with Crippen molar-refractivity contribution < 1.29 is 14.3 Å². The molecule has 0 aliphatic carbocycles. The van der Waals surface area contributed by atoms with Crippen LogP contribution < -0.4 is 10.1 Å². The van der Waals surface area contributed by atoms with Crippen LogP contribution in [0.15, 0.2) is 24.3 Å². The molecule has 4 nitrogen and oxygen atoms in total. The molecule has 1 rings (SSSR count). The first-order valence-corrected chi connectivity index (χ1v) is 6.26. The Morgan fingerprint density at radius 2 is 2.06 bits per heavy atom. The van der Waals surface area contributed by atoms with Gasteiger partial charge in [-0.05, 0) is 25.5 Å². The Kier molecular flexibility index (Phi) is 6.05. The van der Waals surface area contributed by atoms with Gasteiger partial charge >= 0.3 is 5.97 Å². The van der Waals surface area contributed by atoms with E-state index < -0.39 is 0 Å². The van der Waals surface area contributed by atoms with E-state index in [-0.39, 0.29) is 11.9 Å². The molecular formula is C14H21NO3. The number of ether oxygens (including phenoxy) is 2. The van der Waals surface area contributed by atoms with E-state index >= 15 is 0 Å². The maximum atomic E-state index is 11.5. The Morgan fingerprint density at radius 1 is 1.33 bits per heavy atom. The van der Waals surface area contributed by atoms with E-state index in [0.29, 0.717) is 13.2 Å². The highest BCUT2D eigenvalue weighted by atomic mass is 16.5. The first-order chi connectivity index (χ1) is 8.72. The predicted molar refractivity (Wildman–Crippen MR) is 71.9 cm³/mol. The van der Waals surface area contributed by atoms with Crippen molar-refractivity contribution in [3.8, 4) is 5.75 Å². The Bertz CT molecular complexity index is 379. The lowest BCUT2D eigenvalue weighted by Crippen LogP contribution is -2.23. The average molecular weight is 251 g/mol. The van der Waals surface area contributed by atoms with E-state index in [1.54, 1.807) is 0 Å². The molecule has 0 heterocycles. The number of carbonyl (C=O) groups is 1. The highest BCUT2D eigenvalue weighted by molar-refractivity contribution is 5.73. The number of esters is 1. The van der Waals surface area contributed by atoms with Crippen molar-refractivity contribution in [2.75, 3.05) is 25.6 Å². The summed E-state index contributed by atoms with van der Waals surface area (Å²) in [7, 11) is 1.42. The monoisotopic (exact) mass is 251 g/mol. The Balaban J connectivity index is 2.64. The molecule has 1 atom stereocenters. The second-order valence-corrected chi connectivity index (χ2v) is 3.94. The van der Waals surface area contributed by atoms with E-state index in [1.165, 1.54) is 7.11 Å². The van der Waals surface area contributed by atoms with Crippen LogP contribution >= 0.6 is 0 Å². The molecule has 0 radical (unpaired) electrons. The number of benzene rings is 1. The van der Waals surface area contributed by atoms with Crippen molar-refractivity contribution in [2.45, 2.75) is 20.3 Å². The van der Waals surface area contributed by atoms with E-state index in [4.69, 9.17) is 9.47 Å². The molecule has 0 amide bonds. The Morgan fingerprint density at radius 3 is 2.67 bits per heavy atom. The van der Waals surface area contributed by atoms with Gasteiger partial charge in [-0.15, -0.1) is 0 Å². The van der Waals surface area contributed by atoms with E-state index in [1.807, 2.05) is 38.1 Å². The van der Waals surface area contributed by atoms with Gasteiger partial charge in [-0.1, -0.05) is 19.1 Å². The number of para-hydroxylation sites is 2. The largest absolute Gasteiger partial charge is 0.492 e. The van der Waals surface area contributed by atoms with Crippen LogP contribution in [0.2, 0.25) is 0 Å². The number of anilines is 1. The van der Waals surface area contributed by atoms with Crippen LogP contribution in [0.25, 0.3) is 0 Å². The number of hydrogen-bond donors (Lipinski definition) is 1. The summed E-state index contributed by atoms with van der Waals surface area (Å²) < 4.78 is 10.3. The third-order valence-corrected chi connectivity index (χ3v) is 2.75. The highest BCUT2D eigenvalue weighted by Gasteiger charge is 2.17. The van der Waals surface area contributed by atoms with Gasteiger partial charge in [-0.3, -0.25) is 4.79 Å². The van der Waals surface area contributed by atoms with Gasteiger partial charge in [0.15, 0.2) is 0 Å². The van der Waals surface area contributed by atoms with Crippen LogP contribution in [-0.4, -0.2) is 26.2 Å². The second kappa shape index (κ2) is 7.58. The van der Waals surface area contributed by atoms with Crippen LogP contribution in [0.1, 0.15) is 20.3 Å². The fraction of sp³-hybridized carbons (Fsp3) is 0.500. The standard InChI is InChI=1S/C14H21NO3/c1-4-11(14(16)17-3)10-15-12-8-6-7-9-13(12)18-5-2/h6-9,11,15H,4-5,10H2,1-3H3. The molecule has 0 fully saturated rings. The van der Waals surface area contributed by atoms with E-state index in [9.17, 15) is 4.79 Å². The zero-order valence-corrected chi connectivity index (χ0v) is 11.2. The minimum Gasteiger partial charge on any atom is -0.492 e. The van der Waals surface area contributed by atoms with Gasteiger partial charge in [0.2, 0.25) is 0 Å². The van der Waals surface area contributed by atoms with Crippen LogP contribution in [-0.2, 0) is 9.53 Å². The molecule has 4 heteroatoms. The summed E-state index contributed by atoms with van der Waals surface area (Å²) in [5.41, 5.74) is 0.904. The Labute approximate surface area is 108 Å². The quantitative estimate of drug-likeness (QED) is 0.757. The molecule has 0 spiro atoms. The fourth-order valence-electron chi connectivity index (χ4n) is 1.69. The minimum atomic E-state index is -0.182. The van der Waals surface area contributed by atoms with Gasteiger partial charge < -0.3 is 14.8 Å². The third-order valence-electron chi connectivity index (χ3n) is 2.75. The van der Waals surface area contributed by atoms with Gasteiger partial charge in [0.25, 0.3) is 0 Å². The molecule has 100 valence electrons. The molecule has 18 heavy (non-hydrogen) atoms. The van der Waals surface area contributed by atoms with Gasteiger partial charge in [0, 0.05) is 6.54 Å². The van der Waals surface area contributed by atoms with Crippen molar-refractivity contribution in [2.24, 2.45) is 5.92 Å². The first-order valence-electron chi connectivity index (χ1n) is 6.26. The summed E-state index contributed by atoms with van der Waals surface area (Å²) in [4.78, 5) is 11.5. The lowest BCUT2D eigenvalue weighted by atomic mass is 10.1. The summed E-state index contributed by atoms with van der Waals surface area (Å²) in [6.07, 6.45) is 0.747. The molecule has 0 aliphatic heterocycles. The van der Waals surface area contributed by atoms with Gasteiger partial charge in [-0.25, -0.2) is 0 Å². The first kappa shape index (κ1) is 14.4. The van der Waals surface area contributed by atoms with Crippen molar-refractivity contribution in [3.63, 3.8) is 0 Å². The zero-order chi connectivity index (χ0) is 13.4. The smallest absolute Gasteiger partial charge is 0.310 e. The van der Waals surface area contributed by atoms with Gasteiger partial charge in [0.05, 0.1) is 25.3 Å². The third kappa shape index (κ3) is 3.95. The maximum Gasteiger partial charge on any atom is 0.310 e. The molecule has 1 aromatic carbocycles. The van der Waals surface area contributed by atoms with E-state index in [0.717, 1.165) is 17.9 Å². The normalized spacial score (nSPS) is 11.7. The zero-order valence-electron chi connectivity index (χ0n) is 11.2. The molecule has 0 saturated heterocycles. The topological polar surface area (TPSA) is 47.6 Å². The lowest BCUT2D eigenvalue weighted by Gasteiger charge is -2.16. The Hall–Kier alpha value is -1.71. The molecule has 0 saturated carbocycles. The predicted octanol–water partition coefficient (Wildman–Crippen LogP) is 2.70. The number of carbonyl (C=O) groups excluding carboxylic acids is 1. The number of methoxy groups -OCH3 is 1. The lowest BCUT2D eigenvalue weighted by molar-refractivity contribution is -0.145. The van der Waals surface area contributed by atoms with Crippen molar-refractivity contribution in [1.82, 2.24) is 0 Å². The van der Waals surface area contributed by atoms with Crippen LogP contribution in [0, 0.1) is 5.92 Å². The van der Waals surface area contributed by atoms with Crippen LogP contribution in [0.3, 0.4) is 0 Å². The highest BCUT2D eigenvalue weighted by Crippen LogP contribution is 2.24. The molecule has 0 aromatic heterocycles. The number of rotatable bonds is 7. The molecule has 1 unspecified atom stereocenters. The summed E-state index contributed by atoms with van der Waals surface area (Å²) in [6.45, 7) is 5.08. The second-order valence-electron chi connectivity index (χ2n) is 3.94. The maximum absolute atomic E-state index is 11.5. The molecule has 1 aromatic rings. The van der Waals surface area contributed by atoms with Crippen molar-refractivity contribution in [3.05, 3.63) is 24.3 Å².